The molecule has 0 spiro atoms. The van der Waals surface area contributed by atoms with E-state index in [0.717, 1.165) is 48.1 Å². The van der Waals surface area contributed by atoms with Crippen molar-refractivity contribution in [1.82, 2.24) is 15.2 Å². The van der Waals surface area contributed by atoms with Crippen LogP contribution in [0.2, 0.25) is 0 Å². The van der Waals surface area contributed by atoms with Crippen LogP contribution >= 0.6 is 11.3 Å². The number of ether oxygens (including phenoxy) is 1. The van der Waals surface area contributed by atoms with Gasteiger partial charge in [-0.25, -0.2) is 9.37 Å². The van der Waals surface area contributed by atoms with Crippen molar-refractivity contribution in [3.05, 3.63) is 52.3 Å². The van der Waals surface area contributed by atoms with E-state index in [1.165, 1.54) is 37.8 Å². The maximum absolute atomic E-state index is 13.7. The number of aromatic nitrogens is 1. The summed E-state index contributed by atoms with van der Waals surface area (Å²) in [7, 11) is 5.78. The van der Waals surface area contributed by atoms with Gasteiger partial charge in [0.25, 0.3) is 5.91 Å². The van der Waals surface area contributed by atoms with Crippen LogP contribution in [0.3, 0.4) is 0 Å². The Morgan fingerprint density at radius 3 is 2.41 bits per heavy atom. The van der Waals surface area contributed by atoms with E-state index in [4.69, 9.17) is 4.74 Å². The minimum absolute atomic E-state index is 0.00817. The number of carbonyl (C=O) groups is 2. The number of anilines is 1. The highest BCUT2D eigenvalue weighted by Gasteiger charge is 2.51. The zero-order valence-corrected chi connectivity index (χ0v) is 30.5. The molecule has 0 saturated heterocycles. The molecular formula is C37H50F4N4O3S. The van der Waals surface area contributed by atoms with Crippen LogP contribution in [-0.2, 0) is 11.0 Å². The topological polar surface area (TPSA) is 83.6 Å². The van der Waals surface area contributed by atoms with Gasteiger partial charge in [0, 0.05) is 18.3 Å². The first-order chi connectivity index (χ1) is 23.0. The van der Waals surface area contributed by atoms with E-state index in [1.807, 2.05) is 6.92 Å². The lowest BCUT2D eigenvalue weighted by Crippen LogP contribution is -2.48. The van der Waals surface area contributed by atoms with Crippen molar-refractivity contribution in [2.24, 2.45) is 35.5 Å². The lowest BCUT2D eigenvalue weighted by Gasteiger charge is -2.31. The van der Waals surface area contributed by atoms with Gasteiger partial charge in [0.15, 0.2) is 0 Å². The van der Waals surface area contributed by atoms with E-state index in [1.54, 1.807) is 12.1 Å². The molecular weight excluding hydrogens is 656 g/mol. The summed E-state index contributed by atoms with van der Waals surface area (Å²) in [6.45, 7) is 12.5. The van der Waals surface area contributed by atoms with Crippen LogP contribution in [0, 0.1) is 48.2 Å². The molecule has 5 rings (SSSR count). The van der Waals surface area contributed by atoms with Gasteiger partial charge in [-0.05, 0) is 107 Å². The highest BCUT2D eigenvalue weighted by atomic mass is 32.1. The molecule has 7 unspecified atom stereocenters. The molecule has 7 nitrogen and oxygen atoms in total. The standard InChI is InChI=1S/C25H23F4N3O3S.C12H27N/c1-11-30-17-7-8-18(35-2)20(22(17)36-11)24(34)32-21-13-4-3-12(9-13)19(21)23(33)31-14-5-6-16(26)15(10-14)25(27,28)29;1-7-11(3)12(4)8-10(2)9-13(5)6/h5-8,10,12-13,19,21H,3-4,9H2,1-2H3,(H,31,33)(H,32,34);10-12H,7-9H2,1-6H3. The molecule has 2 amide bonds. The van der Waals surface area contributed by atoms with Gasteiger partial charge >= 0.3 is 6.18 Å². The molecule has 0 aliphatic heterocycles. The Kier molecular flexibility index (Phi) is 12.7. The van der Waals surface area contributed by atoms with Crippen molar-refractivity contribution in [3.63, 3.8) is 0 Å². The highest BCUT2D eigenvalue weighted by molar-refractivity contribution is 7.19. The van der Waals surface area contributed by atoms with E-state index >= 15 is 0 Å². The summed E-state index contributed by atoms with van der Waals surface area (Å²) < 4.78 is 59.1. The molecule has 1 aromatic heterocycles. The first-order valence-corrected chi connectivity index (χ1v) is 17.9. The number of thiazole rings is 1. The Hall–Kier alpha value is -3.25. The third-order valence-corrected chi connectivity index (χ3v) is 11.2. The maximum Gasteiger partial charge on any atom is 0.419 e. The van der Waals surface area contributed by atoms with Crippen molar-refractivity contribution in [2.45, 2.75) is 78.9 Å². The number of methoxy groups -OCH3 is 1. The summed E-state index contributed by atoms with van der Waals surface area (Å²) in [5, 5.41) is 6.33. The number of alkyl halides is 3. The third kappa shape index (κ3) is 9.31. The van der Waals surface area contributed by atoms with Crippen molar-refractivity contribution in [2.75, 3.05) is 33.1 Å². The molecule has 12 heteroatoms. The van der Waals surface area contributed by atoms with E-state index in [2.05, 4.69) is 62.3 Å². The van der Waals surface area contributed by atoms with Gasteiger partial charge in [-0.2, -0.15) is 13.2 Å². The number of hydrogen-bond donors (Lipinski definition) is 2. The van der Waals surface area contributed by atoms with Crippen LogP contribution in [0.1, 0.15) is 80.7 Å². The summed E-state index contributed by atoms with van der Waals surface area (Å²) in [5.41, 5.74) is -0.579. The Labute approximate surface area is 291 Å². The normalized spacial score (nSPS) is 22.0. The molecule has 0 radical (unpaired) electrons. The molecule has 2 fully saturated rings. The van der Waals surface area contributed by atoms with Crippen LogP contribution < -0.4 is 15.4 Å². The molecule has 2 saturated carbocycles. The summed E-state index contributed by atoms with van der Waals surface area (Å²) >= 11 is 1.37. The van der Waals surface area contributed by atoms with Gasteiger partial charge in [-0.15, -0.1) is 11.3 Å². The highest BCUT2D eigenvalue weighted by Crippen LogP contribution is 2.49. The van der Waals surface area contributed by atoms with E-state index in [-0.39, 0.29) is 17.5 Å². The Balaban J connectivity index is 0.000000355. The zero-order valence-electron chi connectivity index (χ0n) is 29.7. The largest absolute Gasteiger partial charge is 0.496 e. The SMILES string of the molecule is CCC(C)C(C)CC(C)CN(C)C.COc1ccc2nc(C)sc2c1C(=O)NC1C2CCC(C2)C1C(=O)Nc1ccc(F)c(C(F)(F)F)c1. The molecule has 2 aliphatic rings. The van der Waals surface area contributed by atoms with E-state index in [9.17, 15) is 27.2 Å². The van der Waals surface area contributed by atoms with Crippen molar-refractivity contribution >= 4 is 39.1 Å². The second-order valence-electron chi connectivity index (χ2n) is 14.2. The molecule has 2 aromatic carbocycles. The minimum Gasteiger partial charge on any atom is -0.496 e. The second kappa shape index (κ2) is 16.2. The molecule has 2 N–H and O–H groups in total. The fourth-order valence-corrected chi connectivity index (χ4v) is 8.54. The number of halogens is 4. The summed E-state index contributed by atoms with van der Waals surface area (Å²) in [6, 6.07) is 5.33. The Bertz CT molecular complexity index is 1610. The molecule has 2 bridgehead atoms. The molecule has 2 aliphatic carbocycles. The van der Waals surface area contributed by atoms with E-state index < -0.39 is 41.3 Å². The first kappa shape index (κ1) is 38.6. The average Bonchev–Trinajstić information content (AvgIpc) is 3.74. The number of aryl methyl sites for hydroxylation is 1. The molecule has 7 atom stereocenters. The third-order valence-electron chi connectivity index (χ3n) is 10.2. The van der Waals surface area contributed by atoms with Crippen molar-refractivity contribution in [1.29, 1.82) is 0 Å². The quantitative estimate of drug-likeness (QED) is 0.195. The number of hydrogen-bond acceptors (Lipinski definition) is 6. The van der Waals surface area contributed by atoms with Gasteiger partial charge in [0.05, 0.1) is 33.8 Å². The number of nitrogens with one attached hydrogen (secondary N) is 2. The lowest BCUT2D eigenvalue weighted by atomic mass is 9.83. The lowest BCUT2D eigenvalue weighted by molar-refractivity contribution is -0.140. The van der Waals surface area contributed by atoms with Crippen LogP contribution in [0.5, 0.6) is 5.75 Å². The Morgan fingerprint density at radius 1 is 1.08 bits per heavy atom. The van der Waals surface area contributed by atoms with Crippen LogP contribution in [-0.4, -0.2) is 55.5 Å². The summed E-state index contributed by atoms with van der Waals surface area (Å²) in [5.74, 6) is 0.117. The van der Waals surface area contributed by atoms with E-state index in [0.29, 0.717) is 33.7 Å². The molecule has 3 aromatic rings. The molecule has 270 valence electrons. The summed E-state index contributed by atoms with van der Waals surface area (Å²) in [6.07, 6.45) is 0.168. The average molecular weight is 707 g/mol. The van der Waals surface area contributed by atoms with Crippen molar-refractivity contribution in [3.8, 4) is 5.75 Å². The van der Waals surface area contributed by atoms with Crippen LogP contribution in [0.15, 0.2) is 30.3 Å². The molecule has 1 heterocycles. The number of carbonyl (C=O) groups excluding carboxylic acids is 2. The fourth-order valence-electron chi connectivity index (χ4n) is 7.58. The number of benzene rings is 2. The predicted molar refractivity (Wildman–Crippen MR) is 187 cm³/mol. The smallest absolute Gasteiger partial charge is 0.419 e. The van der Waals surface area contributed by atoms with Gasteiger partial charge in [-0.1, -0.05) is 34.1 Å². The predicted octanol–water partition coefficient (Wildman–Crippen LogP) is 8.81. The molecule has 49 heavy (non-hydrogen) atoms. The van der Waals surface area contributed by atoms with Gasteiger partial charge in [0.1, 0.15) is 17.1 Å². The van der Waals surface area contributed by atoms with Gasteiger partial charge in [0.2, 0.25) is 5.91 Å². The van der Waals surface area contributed by atoms with Gasteiger partial charge in [-0.3, -0.25) is 9.59 Å². The number of nitrogens with zero attached hydrogens (tertiary/aromatic N) is 2. The minimum atomic E-state index is -4.89. The zero-order chi connectivity index (χ0) is 36.2. The van der Waals surface area contributed by atoms with Gasteiger partial charge < -0.3 is 20.3 Å². The maximum atomic E-state index is 13.7. The first-order valence-electron chi connectivity index (χ1n) is 17.1. The number of fused-ring (bicyclic) bond motifs is 3. The fraction of sp³-hybridized carbons (Fsp3) is 0.595. The summed E-state index contributed by atoms with van der Waals surface area (Å²) in [4.78, 5) is 33.5. The monoisotopic (exact) mass is 706 g/mol. The van der Waals surface area contributed by atoms with Crippen LogP contribution in [0.25, 0.3) is 10.2 Å². The number of amides is 2. The Morgan fingerprint density at radius 2 is 1.78 bits per heavy atom. The number of rotatable bonds is 11. The van der Waals surface area contributed by atoms with Crippen LogP contribution in [0.4, 0.5) is 23.2 Å². The van der Waals surface area contributed by atoms with Crippen molar-refractivity contribution < 1.29 is 31.9 Å². The second-order valence-corrected chi connectivity index (χ2v) is 15.4.